The third-order valence-electron chi connectivity index (χ3n) is 7.35. The maximum atomic E-state index is 13.8. The van der Waals surface area contributed by atoms with Crippen molar-refractivity contribution in [3.63, 3.8) is 0 Å². The van der Waals surface area contributed by atoms with E-state index in [0.29, 0.717) is 37.9 Å². The lowest BCUT2D eigenvalue weighted by molar-refractivity contribution is -0.159. The minimum Gasteiger partial charge on any atom is -0.460 e. The number of esters is 1. The number of para-hydroxylation sites is 1. The molecule has 38 heavy (non-hydrogen) atoms. The van der Waals surface area contributed by atoms with E-state index >= 15 is 0 Å². The van der Waals surface area contributed by atoms with Gasteiger partial charge in [0.05, 0.1) is 16.1 Å². The van der Waals surface area contributed by atoms with Crippen LogP contribution in [0.2, 0.25) is 0 Å². The van der Waals surface area contributed by atoms with Gasteiger partial charge in [-0.2, -0.15) is 4.31 Å². The molecule has 2 aromatic carbocycles. The molecule has 3 aromatic rings. The molecular formula is C29H34N2O5S2. The molecule has 0 unspecified atom stereocenters. The highest BCUT2D eigenvalue weighted by molar-refractivity contribution is 7.89. The molecule has 0 radical (unpaired) electrons. The van der Waals surface area contributed by atoms with Crippen molar-refractivity contribution in [2.24, 2.45) is 5.41 Å². The Bertz CT molecular complexity index is 1460. The van der Waals surface area contributed by atoms with Gasteiger partial charge in [-0.1, -0.05) is 30.3 Å². The summed E-state index contributed by atoms with van der Waals surface area (Å²) in [5.41, 5.74) is 1.21. The van der Waals surface area contributed by atoms with Gasteiger partial charge >= 0.3 is 5.97 Å². The number of Topliss-reactive ketones (excluding diaryl/α,β-unsaturated/α-hetero) is 1. The molecule has 1 fully saturated rings. The number of ether oxygens (including phenoxy) is 1. The number of sulfonamides is 1. The Morgan fingerprint density at radius 2 is 1.68 bits per heavy atom. The number of nitrogens with zero attached hydrogens (tertiary/aromatic N) is 2. The summed E-state index contributed by atoms with van der Waals surface area (Å²) in [6, 6.07) is 13.2. The summed E-state index contributed by atoms with van der Waals surface area (Å²) in [5.74, 6) is -0.348. The number of aryl methyl sites for hydroxylation is 1. The first kappa shape index (κ1) is 27.0. The van der Waals surface area contributed by atoms with Gasteiger partial charge in [0.2, 0.25) is 10.0 Å². The SMILES string of the molecule is CC(C)(C)OC(=O)CC1(C(=O)CCc2nc3c(S(=O)(=O)N4CCCC4)cccc3s2)Cc2ccccc2C1. The third-order valence-corrected chi connectivity index (χ3v) is 10.4. The molecule has 1 aromatic heterocycles. The molecular weight excluding hydrogens is 520 g/mol. The number of hydrogen-bond acceptors (Lipinski definition) is 7. The summed E-state index contributed by atoms with van der Waals surface area (Å²) < 4.78 is 34.4. The van der Waals surface area contributed by atoms with Crippen LogP contribution >= 0.6 is 11.3 Å². The summed E-state index contributed by atoms with van der Waals surface area (Å²) in [6.07, 6.45) is 3.43. The average molecular weight is 555 g/mol. The lowest BCUT2D eigenvalue weighted by Gasteiger charge is -2.28. The van der Waals surface area contributed by atoms with Gasteiger partial charge in [0, 0.05) is 31.3 Å². The predicted molar refractivity (Wildman–Crippen MR) is 148 cm³/mol. The zero-order valence-electron chi connectivity index (χ0n) is 22.2. The minimum atomic E-state index is -3.61. The van der Waals surface area contributed by atoms with Gasteiger partial charge in [-0.05, 0) is 69.7 Å². The van der Waals surface area contributed by atoms with Crippen molar-refractivity contribution in [2.45, 2.75) is 76.2 Å². The van der Waals surface area contributed by atoms with Gasteiger partial charge in [0.25, 0.3) is 0 Å². The Morgan fingerprint density at radius 3 is 2.32 bits per heavy atom. The van der Waals surface area contributed by atoms with E-state index in [9.17, 15) is 18.0 Å². The fourth-order valence-electron chi connectivity index (χ4n) is 5.61. The number of aromatic nitrogens is 1. The van der Waals surface area contributed by atoms with Crippen LogP contribution in [0.3, 0.4) is 0 Å². The van der Waals surface area contributed by atoms with Crippen LogP contribution in [-0.4, -0.2) is 48.2 Å². The molecule has 202 valence electrons. The van der Waals surface area contributed by atoms with Gasteiger partial charge in [-0.15, -0.1) is 11.3 Å². The highest BCUT2D eigenvalue weighted by atomic mass is 32.2. The largest absolute Gasteiger partial charge is 0.460 e. The fraction of sp³-hybridized carbons (Fsp3) is 0.483. The van der Waals surface area contributed by atoms with Crippen molar-refractivity contribution < 1.29 is 22.7 Å². The van der Waals surface area contributed by atoms with Gasteiger partial charge in [-0.25, -0.2) is 13.4 Å². The fourth-order valence-corrected chi connectivity index (χ4v) is 8.33. The van der Waals surface area contributed by atoms with Crippen LogP contribution in [0, 0.1) is 5.41 Å². The number of thiazole rings is 1. The normalized spacial score (nSPS) is 17.6. The number of ketones is 1. The first-order chi connectivity index (χ1) is 18.0. The van der Waals surface area contributed by atoms with E-state index in [1.807, 2.05) is 51.1 Å². The number of carbonyl (C=O) groups excluding carboxylic acids is 2. The van der Waals surface area contributed by atoms with Crippen LogP contribution in [-0.2, 0) is 43.6 Å². The van der Waals surface area contributed by atoms with Gasteiger partial charge in [-0.3, -0.25) is 9.59 Å². The van der Waals surface area contributed by atoms with Crippen LogP contribution in [0.4, 0.5) is 0 Å². The van der Waals surface area contributed by atoms with E-state index < -0.39 is 21.0 Å². The Balaban J connectivity index is 1.37. The summed E-state index contributed by atoms with van der Waals surface area (Å²) in [5, 5.41) is 0.723. The van der Waals surface area contributed by atoms with Crippen LogP contribution in [0.15, 0.2) is 47.4 Å². The zero-order valence-corrected chi connectivity index (χ0v) is 23.8. The predicted octanol–water partition coefficient (Wildman–Crippen LogP) is 5.10. The van der Waals surface area contributed by atoms with Crippen molar-refractivity contribution in [3.05, 3.63) is 58.6 Å². The van der Waals surface area contributed by atoms with Crippen molar-refractivity contribution in [1.82, 2.24) is 9.29 Å². The lowest BCUT2D eigenvalue weighted by Crippen LogP contribution is -2.37. The van der Waals surface area contributed by atoms with Crippen molar-refractivity contribution in [3.8, 4) is 0 Å². The Morgan fingerprint density at radius 1 is 1.03 bits per heavy atom. The average Bonchev–Trinajstić information content (AvgIpc) is 3.59. The van der Waals surface area contributed by atoms with Crippen molar-refractivity contribution in [1.29, 1.82) is 0 Å². The molecule has 2 heterocycles. The summed E-state index contributed by atoms with van der Waals surface area (Å²) in [6.45, 7) is 6.55. The molecule has 0 amide bonds. The third kappa shape index (κ3) is 5.42. The number of fused-ring (bicyclic) bond motifs is 2. The molecule has 0 atom stereocenters. The molecule has 0 saturated carbocycles. The number of rotatable bonds is 8. The molecule has 9 heteroatoms. The second kappa shape index (κ2) is 10.2. The summed E-state index contributed by atoms with van der Waals surface area (Å²) >= 11 is 1.42. The van der Waals surface area contributed by atoms with E-state index in [4.69, 9.17) is 4.74 Å². The van der Waals surface area contributed by atoms with Crippen LogP contribution in [0.5, 0.6) is 0 Å². The number of hydrogen-bond donors (Lipinski definition) is 0. The van der Waals surface area contributed by atoms with Crippen molar-refractivity contribution in [2.75, 3.05) is 13.1 Å². The molecule has 1 saturated heterocycles. The van der Waals surface area contributed by atoms with Gasteiger partial charge in [0.1, 0.15) is 21.8 Å². The Labute approximate surface area is 228 Å². The van der Waals surface area contributed by atoms with E-state index in [1.165, 1.54) is 15.6 Å². The van der Waals surface area contributed by atoms with Gasteiger partial charge < -0.3 is 4.74 Å². The van der Waals surface area contributed by atoms with E-state index in [1.54, 1.807) is 12.1 Å². The second-order valence-electron chi connectivity index (χ2n) is 11.4. The summed E-state index contributed by atoms with van der Waals surface area (Å²) in [7, 11) is -3.61. The Kier molecular flexibility index (Phi) is 7.22. The molecule has 0 spiro atoms. The van der Waals surface area contributed by atoms with Crippen LogP contribution in [0.25, 0.3) is 10.2 Å². The maximum Gasteiger partial charge on any atom is 0.307 e. The maximum absolute atomic E-state index is 13.8. The molecule has 7 nitrogen and oxygen atoms in total. The molecule has 2 aliphatic rings. The topological polar surface area (TPSA) is 93.6 Å². The molecule has 1 aliphatic heterocycles. The Hall–Kier alpha value is -2.62. The van der Waals surface area contributed by atoms with Crippen LogP contribution in [0.1, 0.15) is 62.6 Å². The first-order valence-electron chi connectivity index (χ1n) is 13.2. The standard InChI is InChI=1S/C29H34N2O5S2/c1-28(2,3)36-26(33)19-29(17-20-9-4-5-10-21(20)18-29)24(32)13-14-25-30-27-22(37-25)11-8-12-23(27)38(34,35)31-15-6-7-16-31/h4-5,8-12H,6-7,13-19H2,1-3H3. The molecule has 0 N–H and O–H groups in total. The molecule has 1 aliphatic carbocycles. The molecule has 0 bridgehead atoms. The smallest absolute Gasteiger partial charge is 0.307 e. The van der Waals surface area contributed by atoms with Crippen LogP contribution < -0.4 is 0 Å². The van der Waals surface area contributed by atoms with E-state index in [0.717, 1.165) is 33.7 Å². The lowest BCUT2D eigenvalue weighted by atomic mass is 9.76. The molecule has 5 rings (SSSR count). The second-order valence-corrected chi connectivity index (χ2v) is 14.4. The first-order valence-corrected chi connectivity index (χ1v) is 15.4. The summed E-state index contributed by atoms with van der Waals surface area (Å²) in [4.78, 5) is 31.6. The quantitative estimate of drug-likeness (QED) is 0.360. The highest BCUT2D eigenvalue weighted by Crippen LogP contribution is 2.42. The minimum absolute atomic E-state index is 0.0173. The van der Waals surface area contributed by atoms with Gasteiger partial charge in [0.15, 0.2) is 0 Å². The van der Waals surface area contributed by atoms with E-state index in [2.05, 4.69) is 4.98 Å². The van der Waals surface area contributed by atoms with E-state index in [-0.39, 0.29) is 29.5 Å². The zero-order chi connectivity index (χ0) is 27.1. The number of benzene rings is 2. The highest BCUT2D eigenvalue weighted by Gasteiger charge is 2.45. The monoisotopic (exact) mass is 554 g/mol. The van der Waals surface area contributed by atoms with Crippen molar-refractivity contribution >= 4 is 43.3 Å². The number of carbonyl (C=O) groups is 2.